The van der Waals surface area contributed by atoms with Crippen LogP contribution in [0, 0.1) is 0 Å². The van der Waals surface area contributed by atoms with E-state index < -0.39 is 12.1 Å². The fourth-order valence-corrected chi connectivity index (χ4v) is 3.56. The van der Waals surface area contributed by atoms with Crippen molar-refractivity contribution >= 4 is 17.6 Å². The Labute approximate surface area is 172 Å². The molecular formula is C24H29NO4. The maximum atomic E-state index is 12.5. The van der Waals surface area contributed by atoms with Crippen molar-refractivity contribution in [1.29, 1.82) is 0 Å². The molecular weight excluding hydrogens is 366 g/mol. The van der Waals surface area contributed by atoms with Crippen LogP contribution in [0.1, 0.15) is 56.2 Å². The molecule has 154 valence electrons. The van der Waals surface area contributed by atoms with Gasteiger partial charge in [0.1, 0.15) is 5.75 Å². The van der Waals surface area contributed by atoms with Gasteiger partial charge in [0.15, 0.2) is 12.7 Å². The smallest absolute Gasteiger partial charge is 0.344 e. The Kier molecular flexibility index (Phi) is 6.91. The molecule has 5 heteroatoms. The number of hydrogen-bond donors (Lipinski definition) is 1. The van der Waals surface area contributed by atoms with E-state index in [1.165, 1.54) is 11.1 Å². The van der Waals surface area contributed by atoms with Crippen LogP contribution < -0.4 is 10.1 Å². The molecule has 0 unspecified atom stereocenters. The van der Waals surface area contributed by atoms with Crippen molar-refractivity contribution in [1.82, 2.24) is 0 Å². The number of anilines is 1. The van der Waals surface area contributed by atoms with E-state index in [9.17, 15) is 9.59 Å². The van der Waals surface area contributed by atoms with E-state index >= 15 is 0 Å². The molecule has 5 nitrogen and oxygen atoms in total. The quantitative estimate of drug-likeness (QED) is 0.662. The zero-order valence-electron chi connectivity index (χ0n) is 17.4. The Bertz CT molecular complexity index is 877. The first-order valence-electron chi connectivity index (χ1n) is 10.3. The van der Waals surface area contributed by atoms with Gasteiger partial charge in [-0.05, 0) is 73.4 Å². The molecule has 1 aliphatic carbocycles. The second kappa shape index (κ2) is 9.59. The van der Waals surface area contributed by atoms with Crippen molar-refractivity contribution in [3.63, 3.8) is 0 Å². The van der Waals surface area contributed by atoms with Gasteiger partial charge in [-0.3, -0.25) is 4.79 Å². The van der Waals surface area contributed by atoms with Gasteiger partial charge in [0.2, 0.25) is 0 Å². The molecule has 1 amide bonds. The van der Waals surface area contributed by atoms with Gasteiger partial charge in [0.05, 0.1) is 0 Å². The number of hydrogen-bond acceptors (Lipinski definition) is 4. The minimum absolute atomic E-state index is 0.222. The summed E-state index contributed by atoms with van der Waals surface area (Å²) in [5.41, 5.74) is 4.46. The molecule has 2 atom stereocenters. The molecule has 0 fully saturated rings. The number of carbonyl (C=O) groups is 2. The standard InChI is InChI=1S/C24H29NO4/c1-4-16(2)21-10-5-6-11-22(21)25-24(27)17(3)29-23(26)15-28-20-13-12-18-8-7-9-19(18)14-20/h5-6,10-14,16-17H,4,7-9,15H2,1-3H3,(H,25,27)/t16-,17-/m1/s1. The molecule has 2 aromatic carbocycles. The first-order chi connectivity index (χ1) is 14.0. The summed E-state index contributed by atoms with van der Waals surface area (Å²) in [5, 5.41) is 2.88. The van der Waals surface area contributed by atoms with Gasteiger partial charge in [0, 0.05) is 5.69 Å². The number of nitrogens with one attached hydrogen (secondary N) is 1. The highest BCUT2D eigenvalue weighted by Gasteiger charge is 2.20. The van der Waals surface area contributed by atoms with Crippen LogP contribution in [-0.2, 0) is 27.2 Å². The van der Waals surface area contributed by atoms with Crippen molar-refractivity contribution in [3.8, 4) is 5.75 Å². The number of amides is 1. The van der Waals surface area contributed by atoms with E-state index in [2.05, 4.69) is 19.2 Å². The number of para-hydroxylation sites is 1. The van der Waals surface area contributed by atoms with Crippen LogP contribution in [0.5, 0.6) is 5.75 Å². The molecule has 0 aliphatic heterocycles. The van der Waals surface area contributed by atoms with Crippen molar-refractivity contribution in [2.75, 3.05) is 11.9 Å². The lowest BCUT2D eigenvalue weighted by Gasteiger charge is -2.18. The van der Waals surface area contributed by atoms with E-state index in [0.29, 0.717) is 11.7 Å². The van der Waals surface area contributed by atoms with Crippen molar-refractivity contribution in [2.45, 2.75) is 58.5 Å². The highest BCUT2D eigenvalue weighted by atomic mass is 16.6. The summed E-state index contributed by atoms with van der Waals surface area (Å²) in [4.78, 5) is 24.6. The van der Waals surface area contributed by atoms with Gasteiger partial charge >= 0.3 is 5.97 Å². The summed E-state index contributed by atoms with van der Waals surface area (Å²) in [6, 6.07) is 13.6. The maximum Gasteiger partial charge on any atom is 0.344 e. The predicted molar refractivity (Wildman–Crippen MR) is 113 cm³/mol. The van der Waals surface area contributed by atoms with E-state index in [-0.39, 0.29) is 12.5 Å². The van der Waals surface area contributed by atoms with Gasteiger partial charge in [-0.15, -0.1) is 0 Å². The number of ether oxygens (including phenoxy) is 2. The highest BCUT2D eigenvalue weighted by Crippen LogP contribution is 2.27. The van der Waals surface area contributed by atoms with Gasteiger partial charge < -0.3 is 14.8 Å². The Balaban J connectivity index is 1.51. The Hall–Kier alpha value is -2.82. The largest absolute Gasteiger partial charge is 0.482 e. The SMILES string of the molecule is CC[C@@H](C)c1ccccc1NC(=O)[C@@H](C)OC(=O)COc1ccc2c(c1)CCC2. The average Bonchev–Trinajstić information content (AvgIpc) is 3.20. The van der Waals surface area contributed by atoms with E-state index in [1.54, 1.807) is 6.92 Å². The third kappa shape index (κ3) is 5.37. The van der Waals surface area contributed by atoms with Crippen LogP contribution in [0.4, 0.5) is 5.69 Å². The highest BCUT2D eigenvalue weighted by molar-refractivity contribution is 5.95. The van der Waals surface area contributed by atoms with Crippen LogP contribution in [0.25, 0.3) is 0 Å². The minimum Gasteiger partial charge on any atom is -0.482 e. The normalized spacial score (nSPS) is 14.6. The molecule has 1 N–H and O–H groups in total. The fourth-order valence-electron chi connectivity index (χ4n) is 3.56. The molecule has 1 aliphatic rings. The number of benzene rings is 2. The zero-order chi connectivity index (χ0) is 20.8. The summed E-state index contributed by atoms with van der Waals surface area (Å²) < 4.78 is 10.8. The average molecular weight is 395 g/mol. The van der Waals surface area contributed by atoms with Gasteiger partial charge in [-0.1, -0.05) is 38.1 Å². The first kappa shape index (κ1) is 20.9. The van der Waals surface area contributed by atoms with Crippen LogP contribution in [-0.4, -0.2) is 24.6 Å². The van der Waals surface area contributed by atoms with Gasteiger partial charge in [-0.25, -0.2) is 4.79 Å². The fraction of sp³-hybridized carbons (Fsp3) is 0.417. The number of carbonyl (C=O) groups excluding carboxylic acids is 2. The maximum absolute atomic E-state index is 12.5. The second-order valence-electron chi connectivity index (χ2n) is 7.59. The molecule has 29 heavy (non-hydrogen) atoms. The number of aryl methyl sites for hydroxylation is 2. The van der Waals surface area contributed by atoms with Crippen LogP contribution in [0.3, 0.4) is 0 Å². The lowest BCUT2D eigenvalue weighted by Crippen LogP contribution is -2.32. The van der Waals surface area contributed by atoms with E-state index in [0.717, 1.165) is 36.9 Å². The van der Waals surface area contributed by atoms with Crippen LogP contribution in [0.15, 0.2) is 42.5 Å². The van der Waals surface area contributed by atoms with Crippen molar-refractivity contribution in [3.05, 3.63) is 59.2 Å². The third-order valence-electron chi connectivity index (χ3n) is 5.47. The van der Waals surface area contributed by atoms with E-state index in [4.69, 9.17) is 9.47 Å². The predicted octanol–water partition coefficient (Wildman–Crippen LogP) is 4.64. The molecule has 0 aromatic heterocycles. The number of esters is 1. The summed E-state index contributed by atoms with van der Waals surface area (Å²) in [6.45, 7) is 5.56. The summed E-state index contributed by atoms with van der Waals surface area (Å²) >= 11 is 0. The van der Waals surface area contributed by atoms with Gasteiger partial charge in [0.25, 0.3) is 5.91 Å². The summed E-state index contributed by atoms with van der Waals surface area (Å²) in [6.07, 6.45) is 3.37. The van der Waals surface area contributed by atoms with Crippen molar-refractivity contribution < 1.29 is 19.1 Å². The molecule has 0 bridgehead atoms. The molecule has 3 rings (SSSR count). The number of fused-ring (bicyclic) bond motifs is 1. The molecule has 2 aromatic rings. The third-order valence-corrected chi connectivity index (χ3v) is 5.47. The summed E-state index contributed by atoms with van der Waals surface area (Å²) in [5.74, 6) is 0.0576. The Morgan fingerprint density at radius 1 is 1.07 bits per heavy atom. The van der Waals surface area contributed by atoms with E-state index in [1.807, 2.05) is 42.5 Å². The second-order valence-corrected chi connectivity index (χ2v) is 7.59. The van der Waals surface area contributed by atoms with Crippen LogP contribution in [0.2, 0.25) is 0 Å². The molecule has 0 saturated heterocycles. The Morgan fingerprint density at radius 3 is 2.62 bits per heavy atom. The monoisotopic (exact) mass is 395 g/mol. The van der Waals surface area contributed by atoms with Gasteiger partial charge in [-0.2, -0.15) is 0 Å². The topological polar surface area (TPSA) is 64.6 Å². The molecule has 0 heterocycles. The minimum atomic E-state index is -0.906. The Morgan fingerprint density at radius 2 is 1.83 bits per heavy atom. The van der Waals surface area contributed by atoms with Crippen molar-refractivity contribution in [2.24, 2.45) is 0 Å². The zero-order valence-corrected chi connectivity index (χ0v) is 17.4. The van der Waals surface area contributed by atoms with Crippen LogP contribution >= 0.6 is 0 Å². The molecule has 0 radical (unpaired) electrons. The molecule has 0 saturated carbocycles. The first-order valence-corrected chi connectivity index (χ1v) is 10.3. The molecule has 0 spiro atoms. The lowest BCUT2D eigenvalue weighted by atomic mass is 9.97. The lowest BCUT2D eigenvalue weighted by molar-refractivity contribution is -0.155. The summed E-state index contributed by atoms with van der Waals surface area (Å²) in [7, 11) is 0. The number of rotatable bonds is 8.